The number of carbonyl (C=O) groups is 1. The molecule has 0 atom stereocenters. The maximum Gasteiger partial charge on any atom is 0.182 e. The second-order valence-corrected chi connectivity index (χ2v) is 4.16. The first kappa shape index (κ1) is 8.71. The Hall–Kier alpha value is -1.58. The van der Waals surface area contributed by atoms with Gasteiger partial charge in [-0.25, -0.2) is 4.98 Å². The number of nitrogens with zero attached hydrogens (tertiary/aromatic N) is 2. The van der Waals surface area contributed by atoms with Crippen LogP contribution in [-0.2, 0) is 4.79 Å². The zero-order chi connectivity index (χ0) is 10.3. The monoisotopic (exact) mass is 203 g/mol. The Morgan fingerprint density at radius 1 is 1.47 bits per heavy atom. The van der Waals surface area contributed by atoms with Gasteiger partial charge in [0.15, 0.2) is 5.78 Å². The lowest BCUT2D eigenvalue weighted by Crippen LogP contribution is -2.45. The van der Waals surface area contributed by atoms with E-state index in [0.717, 1.165) is 37.3 Å². The third-order valence-corrected chi connectivity index (χ3v) is 3.27. The lowest BCUT2D eigenvalue weighted by molar-refractivity contribution is -0.125. The average molecular weight is 203 g/mol. The highest BCUT2D eigenvalue weighted by Gasteiger charge is 2.36. The summed E-state index contributed by atoms with van der Waals surface area (Å²) in [5.41, 5.74) is 1.77. The van der Waals surface area contributed by atoms with Crippen LogP contribution in [0.4, 0.5) is 0 Å². The van der Waals surface area contributed by atoms with Crippen LogP contribution in [-0.4, -0.2) is 33.7 Å². The van der Waals surface area contributed by atoms with E-state index in [9.17, 15) is 4.79 Å². The minimum Gasteiger partial charge on any atom is -0.369 e. The van der Waals surface area contributed by atoms with Crippen molar-refractivity contribution in [3.8, 4) is 0 Å². The van der Waals surface area contributed by atoms with Crippen molar-refractivity contribution in [3.63, 3.8) is 0 Å². The predicted molar refractivity (Wildman–Crippen MR) is 55.9 cm³/mol. The maximum absolute atomic E-state index is 12.0. The standard InChI is InChI=1S/C11H13N3O/c15-11-8-1-3-14(4-2-8)10(11)5-9-6-12-7-13-9/h5-8H,1-4H2,(H,12,13)/b10-5+. The number of ketones is 1. The van der Waals surface area contributed by atoms with Gasteiger partial charge in [0.1, 0.15) is 0 Å². The van der Waals surface area contributed by atoms with Crippen molar-refractivity contribution in [1.29, 1.82) is 0 Å². The molecule has 3 saturated heterocycles. The second kappa shape index (κ2) is 3.22. The van der Waals surface area contributed by atoms with E-state index < -0.39 is 0 Å². The van der Waals surface area contributed by atoms with Crippen LogP contribution in [0.15, 0.2) is 18.2 Å². The number of piperidine rings is 3. The normalized spacial score (nSPS) is 24.1. The molecule has 1 aromatic rings. The molecule has 3 aliphatic rings. The van der Waals surface area contributed by atoms with Gasteiger partial charge >= 0.3 is 0 Å². The lowest BCUT2D eigenvalue weighted by Gasteiger charge is -2.41. The van der Waals surface area contributed by atoms with E-state index in [1.807, 2.05) is 6.08 Å². The number of aromatic amines is 1. The summed E-state index contributed by atoms with van der Waals surface area (Å²) in [6.45, 7) is 2.05. The van der Waals surface area contributed by atoms with Gasteiger partial charge in [-0.2, -0.15) is 0 Å². The Kier molecular flexibility index (Phi) is 1.87. The van der Waals surface area contributed by atoms with Crippen molar-refractivity contribution in [2.24, 2.45) is 5.92 Å². The van der Waals surface area contributed by atoms with E-state index in [-0.39, 0.29) is 5.92 Å². The second-order valence-electron chi connectivity index (χ2n) is 4.16. The number of rotatable bonds is 1. The average Bonchev–Trinajstić information content (AvgIpc) is 2.77. The molecule has 0 unspecified atom stereocenters. The van der Waals surface area contributed by atoms with E-state index in [0.29, 0.717) is 5.78 Å². The third kappa shape index (κ3) is 1.37. The Morgan fingerprint density at radius 3 is 2.87 bits per heavy atom. The van der Waals surface area contributed by atoms with Gasteiger partial charge in [-0.15, -0.1) is 0 Å². The van der Waals surface area contributed by atoms with Crippen LogP contribution in [0.1, 0.15) is 18.5 Å². The topological polar surface area (TPSA) is 49.0 Å². The van der Waals surface area contributed by atoms with E-state index in [4.69, 9.17) is 0 Å². The van der Waals surface area contributed by atoms with E-state index in [1.54, 1.807) is 12.5 Å². The molecule has 0 amide bonds. The summed E-state index contributed by atoms with van der Waals surface area (Å²) in [5.74, 6) is 0.575. The highest BCUT2D eigenvalue weighted by Crippen LogP contribution is 2.31. The van der Waals surface area contributed by atoms with Gasteiger partial charge in [-0.1, -0.05) is 0 Å². The Morgan fingerprint density at radius 2 is 2.27 bits per heavy atom. The number of allylic oxidation sites excluding steroid dienone is 1. The highest BCUT2D eigenvalue weighted by atomic mass is 16.1. The molecule has 0 saturated carbocycles. The molecular weight excluding hydrogens is 190 g/mol. The summed E-state index contributed by atoms with van der Waals surface area (Å²) in [5, 5.41) is 0. The highest BCUT2D eigenvalue weighted by molar-refractivity contribution is 6.01. The van der Waals surface area contributed by atoms with Crippen LogP contribution in [0, 0.1) is 5.92 Å². The van der Waals surface area contributed by atoms with Gasteiger partial charge in [-0.3, -0.25) is 4.79 Å². The number of Topliss-reactive ketones (excluding diaryl/α,β-unsaturated/α-hetero) is 1. The first-order chi connectivity index (χ1) is 7.34. The first-order valence-corrected chi connectivity index (χ1v) is 5.34. The number of fused-ring (bicyclic) bond motifs is 3. The van der Waals surface area contributed by atoms with Gasteiger partial charge in [-0.05, 0) is 18.9 Å². The SMILES string of the molecule is O=C1/C(=C\c2cnc[nH]2)N2CCC1CC2. The summed E-state index contributed by atoms with van der Waals surface area (Å²) in [7, 11) is 0. The molecule has 2 bridgehead atoms. The quantitative estimate of drug-likeness (QED) is 0.694. The number of nitrogens with one attached hydrogen (secondary N) is 1. The molecule has 1 aromatic heterocycles. The van der Waals surface area contributed by atoms with E-state index in [2.05, 4.69) is 14.9 Å². The molecule has 3 fully saturated rings. The van der Waals surface area contributed by atoms with Crippen molar-refractivity contribution in [2.45, 2.75) is 12.8 Å². The molecule has 0 aromatic carbocycles. The smallest absolute Gasteiger partial charge is 0.182 e. The Bertz CT molecular complexity index is 399. The summed E-state index contributed by atoms with van der Waals surface area (Å²) >= 11 is 0. The zero-order valence-electron chi connectivity index (χ0n) is 8.44. The summed E-state index contributed by atoms with van der Waals surface area (Å²) in [6.07, 6.45) is 7.34. The molecule has 0 radical (unpaired) electrons. The Labute approximate surface area is 88.0 Å². The molecule has 15 heavy (non-hydrogen) atoms. The van der Waals surface area contributed by atoms with Gasteiger partial charge in [0.05, 0.1) is 23.9 Å². The van der Waals surface area contributed by atoms with Crippen LogP contribution >= 0.6 is 0 Å². The molecule has 78 valence electrons. The molecule has 3 aliphatic heterocycles. The number of carbonyl (C=O) groups excluding carboxylic acids is 1. The number of H-pyrrole nitrogens is 1. The van der Waals surface area contributed by atoms with Gasteiger partial charge in [0.25, 0.3) is 0 Å². The van der Waals surface area contributed by atoms with Crippen LogP contribution in [0.2, 0.25) is 0 Å². The fraction of sp³-hybridized carbons (Fsp3) is 0.455. The van der Waals surface area contributed by atoms with Gasteiger partial charge in [0.2, 0.25) is 0 Å². The molecule has 4 heterocycles. The van der Waals surface area contributed by atoms with Crippen LogP contribution in [0.5, 0.6) is 0 Å². The third-order valence-electron chi connectivity index (χ3n) is 3.27. The summed E-state index contributed by atoms with van der Waals surface area (Å²) in [6, 6.07) is 0. The van der Waals surface area contributed by atoms with Crippen LogP contribution in [0.25, 0.3) is 6.08 Å². The zero-order valence-corrected chi connectivity index (χ0v) is 8.44. The lowest BCUT2D eigenvalue weighted by atomic mass is 9.84. The molecular formula is C11H13N3O. The molecule has 0 aliphatic carbocycles. The summed E-state index contributed by atoms with van der Waals surface area (Å²) < 4.78 is 0. The predicted octanol–water partition coefficient (Wildman–Crippen LogP) is 1.05. The largest absolute Gasteiger partial charge is 0.369 e. The van der Waals surface area contributed by atoms with Crippen molar-refractivity contribution in [1.82, 2.24) is 14.9 Å². The van der Waals surface area contributed by atoms with Crippen molar-refractivity contribution in [2.75, 3.05) is 13.1 Å². The Balaban J connectivity index is 1.95. The maximum atomic E-state index is 12.0. The van der Waals surface area contributed by atoms with Crippen molar-refractivity contribution >= 4 is 11.9 Å². The van der Waals surface area contributed by atoms with E-state index in [1.165, 1.54) is 0 Å². The first-order valence-electron chi connectivity index (χ1n) is 5.34. The fourth-order valence-electron chi connectivity index (χ4n) is 2.40. The number of hydrogen-bond donors (Lipinski definition) is 1. The van der Waals surface area contributed by atoms with Crippen molar-refractivity contribution < 1.29 is 4.79 Å². The fourth-order valence-corrected chi connectivity index (χ4v) is 2.40. The van der Waals surface area contributed by atoms with Gasteiger partial charge < -0.3 is 9.88 Å². The minimum absolute atomic E-state index is 0.268. The molecule has 4 nitrogen and oxygen atoms in total. The number of hydrogen-bond acceptors (Lipinski definition) is 3. The number of imidazole rings is 1. The van der Waals surface area contributed by atoms with E-state index >= 15 is 0 Å². The van der Waals surface area contributed by atoms with Crippen molar-refractivity contribution in [3.05, 3.63) is 23.9 Å². The van der Waals surface area contributed by atoms with Crippen LogP contribution in [0.3, 0.4) is 0 Å². The minimum atomic E-state index is 0.268. The molecule has 4 rings (SSSR count). The number of aromatic nitrogens is 2. The molecule has 4 heteroatoms. The summed E-state index contributed by atoms with van der Waals surface area (Å²) in [4.78, 5) is 21.1. The van der Waals surface area contributed by atoms with Gasteiger partial charge in [0, 0.05) is 19.0 Å². The molecule has 1 N–H and O–H groups in total. The molecule has 0 spiro atoms. The van der Waals surface area contributed by atoms with Crippen LogP contribution < -0.4 is 0 Å².